The minimum atomic E-state index is -0.859. The van der Waals surface area contributed by atoms with E-state index in [0.29, 0.717) is 74.1 Å². The SMILES string of the molecule is NCc1cccc(C2CCN(C(=O)c3cc4ccc5c(c4oc3=O)OB(c3cccc4[nH]c(C(=O)N6CCC7(CC6)COc6ccc(CN)cc67)cc34)O5)CC2)c1. The van der Waals surface area contributed by atoms with Crippen molar-refractivity contribution in [2.75, 3.05) is 32.8 Å². The fraction of sp³-hybridized carbons (Fsp3) is 0.295. The fourth-order valence-electron chi connectivity index (χ4n) is 9.19. The second-order valence-electron chi connectivity index (χ2n) is 15.7. The number of aromatic amines is 1. The molecule has 5 N–H and O–H groups in total. The van der Waals surface area contributed by atoms with Crippen molar-refractivity contribution in [3.63, 3.8) is 0 Å². The number of benzene rings is 4. The first-order valence-corrected chi connectivity index (χ1v) is 19.7. The van der Waals surface area contributed by atoms with Crippen molar-refractivity contribution >= 4 is 46.3 Å². The highest BCUT2D eigenvalue weighted by molar-refractivity contribution is 6.66. The van der Waals surface area contributed by atoms with Crippen molar-refractivity contribution in [1.82, 2.24) is 14.8 Å². The van der Waals surface area contributed by atoms with Crippen LogP contribution in [0.4, 0.5) is 0 Å². The monoisotopic (exact) mass is 763 g/mol. The first-order chi connectivity index (χ1) is 27.8. The van der Waals surface area contributed by atoms with Gasteiger partial charge in [-0.2, -0.15) is 0 Å². The van der Waals surface area contributed by atoms with Crippen LogP contribution >= 0.6 is 0 Å². The minimum absolute atomic E-state index is 0.0122. The number of nitrogens with one attached hydrogen (secondary N) is 1. The molecule has 288 valence electrons. The molecule has 4 aliphatic rings. The highest BCUT2D eigenvalue weighted by Gasteiger charge is 2.44. The van der Waals surface area contributed by atoms with Crippen LogP contribution in [0, 0.1) is 0 Å². The standard InChI is InChI=1S/C44H42BN5O7/c46-23-26-3-1-4-29(19-26)28-11-15-49(16-12-28)41(51)32-21-30-8-10-38-40(39(30)55-43(32)53)57-45(56-38)34-5-2-6-35-31(34)22-36(48-35)42(52)50-17-13-44(14-18-50)25-54-37-9-7-27(24-47)20-33(37)44/h1-10,19-22,28,48H,11-18,23-25,46-47H2. The summed E-state index contributed by atoms with van der Waals surface area (Å²) >= 11 is 0. The van der Waals surface area contributed by atoms with Gasteiger partial charge in [0, 0.05) is 72.0 Å². The molecule has 0 bridgehead atoms. The molecule has 0 aliphatic carbocycles. The lowest BCUT2D eigenvalue weighted by Gasteiger charge is -2.38. The summed E-state index contributed by atoms with van der Waals surface area (Å²) in [4.78, 5) is 47.9. The summed E-state index contributed by atoms with van der Waals surface area (Å²) in [5, 5.41) is 1.34. The summed E-state index contributed by atoms with van der Waals surface area (Å²) in [7, 11) is -0.859. The third-order valence-electron chi connectivity index (χ3n) is 12.5. The molecule has 4 aromatic carbocycles. The van der Waals surface area contributed by atoms with Crippen LogP contribution in [0.5, 0.6) is 17.2 Å². The van der Waals surface area contributed by atoms with E-state index in [9.17, 15) is 14.4 Å². The van der Waals surface area contributed by atoms with E-state index >= 15 is 0 Å². The summed E-state index contributed by atoms with van der Waals surface area (Å²) in [5.41, 5.74) is 17.7. The molecule has 0 radical (unpaired) electrons. The molecular formula is C44H42BN5O7. The van der Waals surface area contributed by atoms with Gasteiger partial charge in [-0.1, -0.05) is 48.5 Å². The van der Waals surface area contributed by atoms with E-state index in [-0.39, 0.29) is 34.1 Å². The van der Waals surface area contributed by atoms with Crippen LogP contribution in [-0.4, -0.2) is 66.5 Å². The highest BCUT2D eigenvalue weighted by atomic mass is 16.6. The maximum Gasteiger partial charge on any atom is 0.633 e. The average molecular weight is 764 g/mol. The van der Waals surface area contributed by atoms with Crippen LogP contribution in [0.2, 0.25) is 0 Å². The van der Waals surface area contributed by atoms with E-state index in [2.05, 4.69) is 23.2 Å². The van der Waals surface area contributed by atoms with E-state index in [1.165, 1.54) is 11.1 Å². The number of carbonyl (C=O) groups is 2. The maximum absolute atomic E-state index is 13.9. The van der Waals surface area contributed by atoms with E-state index in [4.69, 9.17) is 29.9 Å². The number of fused-ring (bicyclic) bond motifs is 6. The smallest absolute Gasteiger partial charge is 0.519 e. The molecule has 2 amide bonds. The first-order valence-electron chi connectivity index (χ1n) is 19.7. The Bertz CT molecular complexity index is 2640. The lowest BCUT2D eigenvalue weighted by molar-refractivity contribution is 0.0641. The van der Waals surface area contributed by atoms with Crippen molar-refractivity contribution in [3.8, 4) is 17.2 Å². The van der Waals surface area contributed by atoms with Crippen LogP contribution in [-0.2, 0) is 18.5 Å². The van der Waals surface area contributed by atoms with Crippen molar-refractivity contribution < 1.29 is 28.1 Å². The lowest BCUT2D eigenvalue weighted by Crippen LogP contribution is -2.46. The number of ether oxygens (including phenoxy) is 1. The average Bonchev–Trinajstić information content (AvgIpc) is 3.99. The van der Waals surface area contributed by atoms with E-state index < -0.39 is 12.7 Å². The van der Waals surface area contributed by atoms with Gasteiger partial charge in [0.25, 0.3) is 11.8 Å². The second kappa shape index (κ2) is 13.9. The summed E-state index contributed by atoms with van der Waals surface area (Å²) in [6.45, 7) is 3.86. The highest BCUT2D eigenvalue weighted by Crippen LogP contribution is 2.46. The summed E-state index contributed by atoms with van der Waals surface area (Å²) < 4.78 is 24.5. The topological polar surface area (TPSA) is 166 Å². The lowest BCUT2D eigenvalue weighted by atomic mass is 9.74. The molecule has 13 heteroatoms. The van der Waals surface area contributed by atoms with Crippen LogP contribution < -0.4 is 36.6 Å². The number of H-pyrrole nitrogens is 1. The number of carbonyl (C=O) groups excluding carboxylic acids is 2. The molecule has 12 nitrogen and oxygen atoms in total. The van der Waals surface area contributed by atoms with Gasteiger partial charge in [-0.25, -0.2) is 4.79 Å². The van der Waals surface area contributed by atoms with Gasteiger partial charge < -0.3 is 44.7 Å². The van der Waals surface area contributed by atoms with Crippen LogP contribution in [0.15, 0.2) is 94.1 Å². The van der Waals surface area contributed by atoms with Gasteiger partial charge >= 0.3 is 12.7 Å². The van der Waals surface area contributed by atoms with Gasteiger partial charge in [0.15, 0.2) is 11.3 Å². The number of hydrogen-bond donors (Lipinski definition) is 3. The largest absolute Gasteiger partial charge is 0.633 e. The van der Waals surface area contributed by atoms with Crippen molar-refractivity contribution in [1.29, 1.82) is 0 Å². The molecule has 6 aromatic rings. The number of likely N-dealkylation sites (tertiary alicyclic amines) is 2. The Kier molecular flexibility index (Phi) is 8.60. The zero-order valence-electron chi connectivity index (χ0n) is 31.4. The molecule has 1 spiro atoms. The number of rotatable bonds is 6. The number of aromatic nitrogens is 1. The normalized spacial score (nSPS) is 17.4. The molecule has 0 atom stereocenters. The zero-order valence-corrected chi connectivity index (χ0v) is 31.4. The molecular weight excluding hydrogens is 721 g/mol. The summed E-state index contributed by atoms with van der Waals surface area (Å²) in [6.07, 6.45) is 3.19. The van der Waals surface area contributed by atoms with Crippen molar-refractivity contribution in [3.05, 3.63) is 129 Å². The molecule has 2 aromatic heterocycles. The number of piperidine rings is 2. The Balaban J connectivity index is 0.841. The zero-order chi connectivity index (χ0) is 38.8. The fourth-order valence-corrected chi connectivity index (χ4v) is 9.19. The number of nitrogens with zero attached hydrogens (tertiary/aromatic N) is 2. The van der Waals surface area contributed by atoms with E-state index in [1.54, 1.807) is 23.1 Å². The molecule has 57 heavy (non-hydrogen) atoms. The van der Waals surface area contributed by atoms with Gasteiger partial charge in [-0.05, 0) is 84.7 Å². The molecule has 10 rings (SSSR count). The maximum atomic E-state index is 13.9. The molecule has 6 heterocycles. The van der Waals surface area contributed by atoms with Gasteiger partial charge in [-0.15, -0.1) is 0 Å². The van der Waals surface area contributed by atoms with Gasteiger partial charge in [-0.3, -0.25) is 9.59 Å². The van der Waals surface area contributed by atoms with E-state index in [1.807, 2.05) is 53.4 Å². The molecule has 4 aliphatic heterocycles. The predicted molar refractivity (Wildman–Crippen MR) is 216 cm³/mol. The van der Waals surface area contributed by atoms with Crippen LogP contribution in [0.25, 0.3) is 21.9 Å². The Labute approximate surface area is 328 Å². The predicted octanol–water partition coefficient (Wildman–Crippen LogP) is 4.94. The quantitative estimate of drug-likeness (QED) is 0.157. The summed E-state index contributed by atoms with van der Waals surface area (Å²) in [5.74, 6) is 1.53. The molecule has 2 saturated heterocycles. The third-order valence-corrected chi connectivity index (χ3v) is 12.5. The van der Waals surface area contributed by atoms with Crippen LogP contribution in [0.1, 0.15) is 74.7 Å². The molecule has 0 saturated carbocycles. The Morgan fingerprint density at radius 1 is 0.807 bits per heavy atom. The Morgan fingerprint density at radius 2 is 1.56 bits per heavy atom. The van der Waals surface area contributed by atoms with Crippen molar-refractivity contribution in [2.24, 2.45) is 11.5 Å². The van der Waals surface area contributed by atoms with Crippen molar-refractivity contribution in [2.45, 2.75) is 50.1 Å². The van der Waals surface area contributed by atoms with Gasteiger partial charge in [0.1, 0.15) is 22.8 Å². The number of amides is 2. The summed E-state index contributed by atoms with van der Waals surface area (Å²) in [6, 6.07) is 27.1. The van der Waals surface area contributed by atoms with Gasteiger partial charge in [0.2, 0.25) is 0 Å². The second-order valence-corrected chi connectivity index (χ2v) is 15.7. The van der Waals surface area contributed by atoms with Gasteiger partial charge in [0.05, 0.1) is 6.61 Å². The molecule has 0 unspecified atom stereocenters. The number of nitrogens with two attached hydrogens (primary N) is 2. The first kappa shape index (κ1) is 35.4. The van der Waals surface area contributed by atoms with E-state index in [0.717, 1.165) is 53.5 Å². The molecule has 2 fully saturated rings. The Hall–Kier alpha value is -6.05. The third kappa shape index (κ3) is 6.04. The Morgan fingerprint density at radius 3 is 2.37 bits per heavy atom. The minimum Gasteiger partial charge on any atom is -0.519 e. The number of hydrogen-bond acceptors (Lipinski definition) is 9. The van der Waals surface area contributed by atoms with Crippen LogP contribution in [0.3, 0.4) is 0 Å².